The number of hydrogen-bond donors (Lipinski definition) is 6. The summed E-state index contributed by atoms with van der Waals surface area (Å²) in [4.78, 5) is 0. The first-order valence-electron chi connectivity index (χ1n) is 50.0. The molecule has 0 amide bonds. The van der Waals surface area contributed by atoms with Gasteiger partial charge in [0, 0.05) is 162 Å². The van der Waals surface area contributed by atoms with Crippen LogP contribution in [0.15, 0.2) is 0 Å². The topological polar surface area (TPSA) is 323 Å². The number of aliphatic hydroxyl groups excluding tert-OH is 1. The van der Waals surface area contributed by atoms with Gasteiger partial charge in [-0.1, -0.05) is 125 Å². The number of hydrogen-bond acceptors (Lipinski definition) is 27. The molecule has 0 bridgehead atoms. The first-order valence-corrected chi connectivity index (χ1v) is 69.8. The minimum absolute atomic E-state index is 0. The van der Waals surface area contributed by atoms with Gasteiger partial charge in [0.15, 0.2) is 31.6 Å². The molecule has 0 saturated carbocycles. The van der Waals surface area contributed by atoms with Crippen molar-refractivity contribution in [1.82, 2.24) is 15.5 Å². The summed E-state index contributed by atoms with van der Waals surface area (Å²) >= 11 is 7.89. The molecule has 0 aliphatic carbocycles. The Bertz CT molecular complexity index is 3460. The van der Waals surface area contributed by atoms with Crippen molar-refractivity contribution < 1.29 is 119 Å². The second-order valence-electron chi connectivity index (χ2n) is 32.9. The zero-order valence-corrected chi connectivity index (χ0v) is 96.3. The largest absolute Gasteiger partial charge is 0.504 e. The van der Waals surface area contributed by atoms with Crippen LogP contribution in [0.2, 0.25) is 79.1 Å². The van der Waals surface area contributed by atoms with Crippen molar-refractivity contribution in [2.45, 2.75) is 255 Å². The molecule has 40 heteroatoms. The first-order chi connectivity index (χ1) is 61.5. The molecule has 8 N–H and O–H groups in total. The molecule has 3 unspecified atom stereocenters. The summed E-state index contributed by atoms with van der Waals surface area (Å²) in [7, 11) is -18.2. The molecule has 0 aliphatic heterocycles. The number of rotatable bonds is 48. The molecule has 0 aromatic heterocycles. The zero-order valence-electron chi connectivity index (χ0n) is 105. The Labute approximate surface area is 810 Å². The molecule has 0 saturated heterocycles. The van der Waals surface area contributed by atoms with Crippen LogP contribution in [-0.2, 0) is 49.6 Å². The second-order valence-corrected chi connectivity index (χ2v) is 73.1. The summed E-state index contributed by atoms with van der Waals surface area (Å²) in [5.41, 5.74) is 0. The number of nitrogens with zero attached hydrogens (tertiary/aromatic N) is 4. The molecule has 724 valence electrons. The predicted octanol–water partition coefficient (Wildman–Crippen LogP) is 24.6. The summed E-state index contributed by atoms with van der Waals surface area (Å²) in [6, 6.07) is 5.18. The van der Waals surface area contributed by atoms with Crippen molar-refractivity contribution >= 4 is 172 Å². The zero-order chi connectivity index (χ0) is 116. The van der Waals surface area contributed by atoms with Gasteiger partial charge < -0.3 is 72.2 Å². The summed E-state index contributed by atoms with van der Waals surface area (Å²) in [5, 5.41) is 59.2. The van der Waals surface area contributed by atoms with Crippen molar-refractivity contribution in [3.05, 3.63) is 0 Å². The third-order valence-corrected chi connectivity index (χ3v) is 45.9. The van der Waals surface area contributed by atoms with Gasteiger partial charge in [-0.05, 0) is 166 Å². The van der Waals surface area contributed by atoms with Crippen molar-refractivity contribution in [2.24, 2.45) is 0 Å². The van der Waals surface area contributed by atoms with Crippen LogP contribution in [0.3, 0.4) is 0 Å². The van der Waals surface area contributed by atoms with E-state index in [1.165, 1.54) is 65.5 Å². The molecule has 0 rings (SSSR count). The molecule has 0 aliphatic rings. The molecular formula is C78H189F2IN5O16P6S6Si4+. The number of nitriles is 2. The van der Waals surface area contributed by atoms with E-state index in [9.17, 15) is 22.7 Å². The van der Waals surface area contributed by atoms with Gasteiger partial charge >= 0.3 is 8.03 Å². The van der Waals surface area contributed by atoms with Crippen LogP contribution >= 0.6 is 139 Å². The van der Waals surface area contributed by atoms with E-state index < -0.39 is 162 Å². The first kappa shape index (κ1) is 99.1. The van der Waals surface area contributed by atoms with Crippen LogP contribution in [0.25, 0.3) is 0 Å². The summed E-state index contributed by atoms with van der Waals surface area (Å²) in [6.45, 7) is 57.4. The minimum atomic E-state index is -2.95. The van der Waals surface area contributed by atoms with Crippen molar-refractivity contribution in [1.29, 1.82) is 10.5 Å². The number of alkyl halides is 2. The maximum absolute atomic E-state index is 12.0. The van der Waals surface area contributed by atoms with Gasteiger partial charge in [-0.15, -0.1) is 4.52 Å². The lowest BCUT2D eigenvalue weighted by atomic mass is 10.2. The van der Waals surface area contributed by atoms with Gasteiger partial charge in [0.05, 0.1) is 130 Å². The second kappa shape index (κ2) is 88.5. The highest BCUT2D eigenvalue weighted by Crippen LogP contribution is 2.47. The third-order valence-electron chi connectivity index (χ3n) is 15.7. The Morgan fingerprint density at radius 1 is 0.492 bits per heavy atom. The summed E-state index contributed by atoms with van der Waals surface area (Å²) < 4.78 is 281. The minimum Gasteiger partial charge on any atom is -0.416 e. The van der Waals surface area contributed by atoms with E-state index >= 15 is 0 Å². The van der Waals surface area contributed by atoms with Crippen LogP contribution < -0.4 is 6.15 Å². The van der Waals surface area contributed by atoms with E-state index in [0.29, 0.717) is 30.1 Å². The number of aliphatic hydroxyl groups is 5. The van der Waals surface area contributed by atoms with Gasteiger partial charge in [-0.2, -0.15) is 81.1 Å². The van der Waals surface area contributed by atoms with Crippen LogP contribution in [0, 0.1) is 22.7 Å². The van der Waals surface area contributed by atoms with Crippen LogP contribution in [0.4, 0.5) is 9.09 Å². The van der Waals surface area contributed by atoms with E-state index in [4.69, 9.17) is 97.2 Å². The van der Waals surface area contributed by atoms with Crippen molar-refractivity contribution in [3.8, 4) is 12.1 Å². The molecule has 0 spiro atoms. The van der Waals surface area contributed by atoms with E-state index in [2.05, 4.69) is 111 Å². The maximum atomic E-state index is 12.0. The van der Waals surface area contributed by atoms with E-state index in [1.54, 1.807) is 22.6 Å². The molecule has 0 aromatic rings. The monoisotopic (exact) mass is 2130 g/mol. The standard InChI is InChI=1S/C15H32N2O3P2S.C12H29O2PSSi.C10H23IOSSi.C10H21N2OP.C10H24O2SSi.C7H18Si.C6H15O2PS.C4H10O2S.C2H6O2P.CH3F.CH4O.FH.H3N/c1-14(2)17(15(3)4)21(19-9-7-8-16)20-10-12-23-13-11-22(5,6)18;1-12(2,3)17(6,7)14-8-10-16-11-9-15(4,5)13;1-10(2,3)14(4,5)12-7-9-13-8-6-11;1-9(2)12(10(3)4)14(5)13-8-6-7-11;1-10(2,3)14(4,5)12-7-9-13-8-6-11;1-7(2,3)8(4,5)6;1-9(2,8)4-6-10-5-3-7;5-1-3-7-4-2-6;1-4-5(2)3;2*1-2;;/h14-15H,7,9-13H2,1-6H3;8-11H2,1-7H3;6-9H2,1-5H3;9-10H,6,8H2,1-5H3;11H,6-9H2,1-5H3;1-6H3;7H,3-6H2,1-2H3;5-6H,1-4H2;1-2H3;1H3;2H,1H3;1H;1H3/q;;;;;;;;+1;;;;/i10D2,11D2;8D2,9D2;6D2,7D2;;6D2,7D2;;3D2,4D2;1D2,2D2;;1D;;;. The normalized spacial score (nSPS) is 17.2. The fraction of sp³-hybridized carbons (Fsp3) is 0.974. The number of thioether (sulfide) groups is 6. The lowest BCUT2D eigenvalue weighted by Gasteiger charge is -2.36. The van der Waals surface area contributed by atoms with Crippen LogP contribution in [-0.4, -0.2) is 324 Å². The van der Waals surface area contributed by atoms with E-state index in [1.807, 2.05) is 119 Å². The molecule has 118 heavy (non-hydrogen) atoms. The molecule has 21 nitrogen and oxygen atoms in total. The molecular weight excluding hydrogens is 1920 g/mol. The quantitative estimate of drug-likeness (QED) is 0.0108. The van der Waals surface area contributed by atoms with Crippen LogP contribution in [0.1, 0.15) is 186 Å². The fourth-order valence-electron chi connectivity index (χ4n) is 5.29. The molecule has 3 atom stereocenters. The molecule has 0 fully saturated rings. The molecule has 0 heterocycles. The Kier molecular flexibility index (Phi) is 74.3. The highest BCUT2D eigenvalue weighted by molar-refractivity contribution is 14.1. The van der Waals surface area contributed by atoms with Crippen LogP contribution in [0.5, 0.6) is 0 Å². The smallest absolute Gasteiger partial charge is 0.416 e. The Hall–Kier alpha value is 3.59. The van der Waals surface area contributed by atoms with E-state index in [-0.39, 0.29) is 120 Å². The fourth-order valence-corrected chi connectivity index (χ4v) is 18.3. The van der Waals surface area contributed by atoms with Crippen molar-refractivity contribution in [2.75, 3.05) is 232 Å². The van der Waals surface area contributed by atoms with Gasteiger partial charge in [0.25, 0.3) is 8.53 Å². The average Bonchev–Trinajstić information content (AvgIpc) is 0.813. The van der Waals surface area contributed by atoms with Gasteiger partial charge in [-0.25, -0.2) is 4.67 Å². The predicted molar refractivity (Wildman–Crippen MR) is 562 cm³/mol. The van der Waals surface area contributed by atoms with Gasteiger partial charge in [-0.3, -0.25) is 13.8 Å². The molecule has 0 radical (unpaired) electrons. The Morgan fingerprint density at radius 3 is 0.932 bits per heavy atom. The lowest BCUT2D eigenvalue weighted by Crippen LogP contribution is -2.41. The summed E-state index contributed by atoms with van der Waals surface area (Å²) in [5.74, 6) is -0.619. The Morgan fingerprint density at radius 2 is 0.720 bits per heavy atom. The lowest BCUT2D eigenvalue weighted by molar-refractivity contribution is 0.182. The molecule has 0 aromatic carbocycles. The maximum Gasteiger partial charge on any atom is 0.504 e. The van der Waals surface area contributed by atoms with Gasteiger partial charge in [0.1, 0.15) is 8.30 Å². The number of halogens is 3. The SMILES string of the molecule is CC(C)(C)[Si](C)(C)C.CC(C)N(C(C)C)P(C)OCCC#N.CO.CO[P+](C)=O.F.N.[2H]C([2H])(CSCC([2H])([2H])P(C)(C)=O)OP(OCCC#N)N(C(C)C)C(C)C.[2H]C([2H])(CSCC([2H])([2H])P(C)(C)=O)O[Si](C)(C)C(C)(C)C.[2H]C([2H])(I)CSCC([2H])([2H])O[Si](C)(C)C(C)(C)C.[2H]C([2H])(O)CSCC([2H])([2H])O.[2H]C([2H])(O)CSCC([2H])([2H])O[Si](C)(C)C(C)(C)C.[2H]C([2H])(O)CSCC([2H])([2H])P(C)(C)=O.[2H]CF. The van der Waals surface area contributed by atoms with E-state index in [0.717, 1.165) is 65.9 Å². The average molecular weight is 2130 g/mol. The highest BCUT2D eigenvalue weighted by atomic mass is 127. The van der Waals surface area contributed by atoms with Crippen molar-refractivity contribution in [3.63, 3.8) is 0 Å². The highest BCUT2D eigenvalue weighted by Gasteiger charge is 2.39. The van der Waals surface area contributed by atoms with Gasteiger partial charge in [0.2, 0.25) is 0 Å². The Balaban J connectivity index is -0.000000123. The summed E-state index contributed by atoms with van der Waals surface area (Å²) in [6.07, 6.45) is -4.76. The third kappa shape index (κ3) is 110.